The van der Waals surface area contributed by atoms with Crippen LogP contribution in [0.2, 0.25) is 0 Å². The zero-order chi connectivity index (χ0) is 14.4. The fourth-order valence-corrected chi connectivity index (χ4v) is 3.63. The Labute approximate surface area is 122 Å². The molecule has 1 saturated heterocycles. The molecule has 0 spiro atoms. The van der Waals surface area contributed by atoms with E-state index in [0.717, 1.165) is 57.6 Å². The highest BCUT2D eigenvalue weighted by atomic mass is 16.5. The molecule has 4 nitrogen and oxygen atoms in total. The fraction of sp³-hybridized carbons (Fsp3) is 0.938. The lowest BCUT2D eigenvalue weighted by Crippen LogP contribution is -2.56. The van der Waals surface area contributed by atoms with Crippen LogP contribution in [0.15, 0.2) is 0 Å². The van der Waals surface area contributed by atoms with Crippen molar-refractivity contribution in [2.75, 3.05) is 20.3 Å². The second-order valence-electron chi connectivity index (χ2n) is 6.32. The van der Waals surface area contributed by atoms with Gasteiger partial charge in [0.2, 0.25) is 0 Å². The third-order valence-corrected chi connectivity index (χ3v) is 4.92. The van der Waals surface area contributed by atoms with Crippen molar-refractivity contribution in [2.24, 2.45) is 5.92 Å². The average molecular weight is 283 g/mol. The number of hydrogen-bond acceptors (Lipinski definition) is 4. The largest absolute Gasteiger partial charge is 0.468 e. The molecule has 0 radical (unpaired) electrons. The number of hydrogen-bond donors (Lipinski definition) is 1. The van der Waals surface area contributed by atoms with Crippen LogP contribution in [0.4, 0.5) is 0 Å². The Morgan fingerprint density at radius 2 is 2.10 bits per heavy atom. The molecule has 116 valence electrons. The second-order valence-corrected chi connectivity index (χ2v) is 6.32. The average Bonchev–Trinajstić information content (AvgIpc) is 3.00. The second kappa shape index (κ2) is 7.41. The van der Waals surface area contributed by atoms with Crippen LogP contribution >= 0.6 is 0 Å². The maximum absolute atomic E-state index is 12.2. The Hall–Kier alpha value is -0.610. The summed E-state index contributed by atoms with van der Waals surface area (Å²) in [4.78, 5) is 12.2. The highest BCUT2D eigenvalue weighted by Gasteiger charge is 2.42. The maximum atomic E-state index is 12.2. The van der Waals surface area contributed by atoms with Crippen LogP contribution in [-0.4, -0.2) is 37.9 Å². The summed E-state index contributed by atoms with van der Waals surface area (Å²) >= 11 is 0. The van der Waals surface area contributed by atoms with Gasteiger partial charge in [-0.05, 0) is 44.4 Å². The van der Waals surface area contributed by atoms with E-state index >= 15 is 0 Å². The van der Waals surface area contributed by atoms with Crippen molar-refractivity contribution in [3.8, 4) is 0 Å². The number of nitrogens with one attached hydrogen (secondary N) is 1. The van der Waals surface area contributed by atoms with E-state index in [1.54, 1.807) is 0 Å². The molecular formula is C16H29NO3. The Kier molecular flexibility index (Phi) is 5.85. The molecule has 1 heterocycles. The monoisotopic (exact) mass is 283 g/mol. The van der Waals surface area contributed by atoms with Crippen LogP contribution in [0.25, 0.3) is 0 Å². The third-order valence-electron chi connectivity index (χ3n) is 4.92. The molecule has 1 aliphatic carbocycles. The van der Waals surface area contributed by atoms with Gasteiger partial charge in [0, 0.05) is 13.2 Å². The number of methoxy groups -OCH3 is 1. The number of carbonyl (C=O) groups excluding carboxylic acids is 1. The maximum Gasteiger partial charge on any atom is 0.326 e. The topological polar surface area (TPSA) is 47.6 Å². The highest BCUT2D eigenvalue weighted by molar-refractivity contribution is 5.80. The summed E-state index contributed by atoms with van der Waals surface area (Å²) < 4.78 is 10.7. The Morgan fingerprint density at radius 3 is 2.65 bits per heavy atom. The van der Waals surface area contributed by atoms with Crippen molar-refractivity contribution < 1.29 is 14.3 Å². The first-order valence-corrected chi connectivity index (χ1v) is 8.15. The molecule has 1 N–H and O–H groups in total. The van der Waals surface area contributed by atoms with Crippen molar-refractivity contribution in [1.82, 2.24) is 5.32 Å². The summed E-state index contributed by atoms with van der Waals surface area (Å²) in [5.41, 5.74) is -0.467. The van der Waals surface area contributed by atoms with Crippen LogP contribution in [0.3, 0.4) is 0 Å². The standard InChI is InChI=1S/C16H29NO3/c1-3-5-13-7-9-16(10-8-13,15(18)19-2)17-12-14-6-4-11-20-14/h13-14,17H,3-12H2,1-2H3. The van der Waals surface area contributed by atoms with E-state index in [0.29, 0.717) is 0 Å². The normalized spacial score (nSPS) is 34.1. The zero-order valence-corrected chi connectivity index (χ0v) is 13.0. The molecule has 4 heteroatoms. The zero-order valence-electron chi connectivity index (χ0n) is 13.0. The summed E-state index contributed by atoms with van der Waals surface area (Å²) in [6.07, 6.45) is 9.07. The molecule has 1 saturated carbocycles. The molecule has 0 bridgehead atoms. The third kappa shape index (κ3) is 3.73. The van der Waals surface area contributed by atoms with Crippen molar-refractivity contribution in [3.05, 3.63) is 0 Å². The molecule has 1 aliphatic heterocycles. The molecule has 0 aromatic heterocycles. The van der Waals surface area contributed by atoms with E-state index in [1.807, 2.05) is 0 Å². The van der Waals surface area contributed by atoms with Crippen LogP contribution in [0.1, 0.15) is 58.3 Å². The molecule has 20 heavy (non-hydrogen) atoms. The minimum atomic E-state index is -0.467. The minimum absolute atomic E-state index is 0.0922. The van der Waals surface area contributed by atoms with Gasteiger partial charge in [0.1, 0.15) is 5.54 Å². The first-order valence-electron chi connectivity index (χ1n) is 8.15. The van der Waals surface area contributed by atoms with Crippen LogP contribution < -0.4 is 5.32 Å². The Balaban J connectivity index is 1.90. The van der Waals surface area contributed by atoms with E-state index in [1.165, 1.54) is 20.0 Å². The summed E-state index contributed by atoms with van der Waals surface area (Å²) in [5.74, 6) is 0.688. The van der Waals surface area contributed by atoms with E-state index in [9.17, 15) is 4.79 Å². The molecular weight excluding hydrogens is 254 g/mol. The lowest BCUT2D eigenvalue weighted by Gasteiger charge is -2.39. The summed E-state index contributed by atoms with van der Waals surface area (Å²) in [7, 11) is 1.50. The molecule has 2 aliphatic rings. The van der Waals surface area contributed by atoms with E-state index in [4.69, 9.17) is 9.47 Å². The van der Waals surface area contributed by atoms with Crippen molar-refractivity contribution in [1.29, 1.82) is 0 Å². The molecule has 1 atom stereocenters. The first kappa shape index (κ1) is 15.8. The summed E-state index contributed by atoms with van der Waals surface area (Å²) in [6, 6.07) is 0. The first-order chi connectivity index (χ1) is 9.70. The van der Waals surface area contributed by atoms with Crippen molar-refractivity contribution in [2.45, 2.75) is 69.9 Å². The highest BCUT2D eigenvalue weighted by Crippen LogP contribution is 2.35. The van der Waals surface area contributed by atoms with Gasteiger partial charge >= 0.3 is 5.97 Å². The van der Waals surface area contributed by atoms with Crippen LogP contribution in [0.5, 0.6) is 0 Å². The molecule has 2 rings (SSSR count). The van der Waals surface area contributed by atoms with Gasteiger partial charge in [-0.25, -0.2) is 0 Å². The molecule has 1 unspecified atom stereocenters. The van der Waals surface area contributed by atoms with E-state index in [2.05, 4.69) is 12.2 Å². The van der Waals surface area contributed by atoms with E-state index in [-0.39, 0.29) is 12.1 Å². The van der Waals surface area contributed by atoms with Gasteiger partial charge in [0.05, 0.1) is 13.2 Å². The lowest BCUT2D eigenvalue weighted by atomic mass is 9.75. The van der Waals surface area contributed by atoms with Gasteiger partial charge in [-0.1, -0.05) is 19.8 Å². The Bertz CT molecular complexity index is 305. The quantitative estimate of drug-likeness (QED) is 0.761. The number of rotatable bonds is 6. The molecule has 0 amide bonds. The van der Waals surface area contributed by atoms with Crippen LogP contribution in [0, 0.1) is 5.92 Å². The van der Waals surface area contributed by atoms with Crippen molar-refractivity contribution in [3.63, 3.8) is 0 Å². The number of carbonyl (C=O) groups is 1. The fourth-order valence-electron chi connectivity index (χ4n) is 3.63. The SMILES string of the molecule is CCCC1CCC(NCC2CCCO2)(C(=O)OC)CC1. The lowest BCUT2D eigenvalue weighted by molar-refractivity contribution is -0.151. The molecule has 0 aromatic carbocycles. The Morgan fingerprint density at radius 1 is 1.35 bits per heavy atom. The predicted molar refractivity (Wildman–Crippen MR) is 78.6 cm³/mol. The van der Waals surface area contributed by atoms with Gasteiger partial charge in [-0.3, -0.25) is 10.1 Å². The van der Waals surface area contributed by atoms with E-state index < -0.39 is 5.54 Å². The van der Waals surface area contributed by atoms with Crippen molar-refractivity contribution >= 4 is 5.97 Å². The van der Waals surface area contributed by atoms with Crippen LogP contribution in [-0.2, 0) is 14.3 Å². The van der Waals surface area contributed by atoms with Gasteiger partial charge in [0.25, 0.3) is 0 Å². The van der Waals surface area contributed by atoms with Gasteiger partial charge in [0.15, 0.2) is 0 Å². The molecule has 0 aromatic rings. The summed E-state index contributed by atoms with van der Waals surface area (Å²) in [6.45, 7) is 3.86. The smallest absolute Gasteiger partial charge is 0.326 e. The van der Waals surface area contributed by atoms with Gasteiger partial charge < -0.3 is 9.47 Å². The minimum Gasteiger partial charge on any atom is -0.468 e. The van der Waals surface area contributed by atoms with Gasteiger partial charge in [-0.2, -0.15) is 0 Å². The predicted octanol–water partition coefficient (Wildman–Crippen LogP) is 2.66. The number of esters is 1. The van der Waals surface area contributed by atoms with Gasteiger partial charge in [-0.15, -0.1) is 0 Å². The summed E-state index contributed by atoms with van der Waals surface area (Å²) in [5, 5.41) is 3.49. The molecule has 2 fully saturated rings. The number of ether oxygens (including phenoxy) is 2.